The molecule has 10 heteroatoms. The Balaban J connectivity index is 1.22. The van der Waals surface area contributed by atoms with Crippen LogP contribution >= 0.6 is 0 Å². The molecule has 1 unspecified atom stereocenters. The number of pyridine rings is 1. The second kappa shape index (κ2) is 13.4. The third-order valence-corrected chi connectivity index (χ3v) is 10.7. The van der Waals surface area contributed by atoms with Crippen molar-refractivity contribution in [1.29, 1.82) is 0 Å². The zero-order valence-corrected chi connectivity index (χ0v) is 28.1. The van der Waals surface area contributed by atoms with E-state index in [-0.39, 0.29) is 11.0 Å². The molecule has 9 nitrogen and oxygen atoms in total. The van der Waals surface area contributed by atoms with Crippen LogP contribution in [-0.4, -0.2) is 76.0 Å². The Kier molecular flexibility index (Phi) is 8.87. The Labute approximate surface area is 281 Å². The number of hydrogen-bond donors (Lipinski definition) is 1. The maximum absolute atomic E-state index is 14.0. The van der Waals surface area contributed by atoms with Crippen molar-refractivity contribution >= 4 is 26.7 Å². The largest absolute Gasteiger partial charge is 0.392 e. The van der Waals surface area contributed by atoms with Gasteiger partial charge in [-0.3, -0.25) is 9.58 Å². The van der Waals surface area contributed by atoms with Crippen molar-refractivity contribution < 1.29 is 13.5 Å². The monoisotopic (exact) mass is 660 g/mol. The van der Waals surface area contributed by atoms with Gasteiger partial charge in [-0.1, -0.05) is 60.2 Å². The van der Waals surface area contributed by atoms with Gasteiger partial charge in [0.15, 0.2) is 5.65 Å². The van der Waals surface area contributed by atoms with E-state index in [0.29, 0.717) is 18.7 Å². The second-order valence-corrected chi connectivity index (χ2v) is 14.5. The molecular weight excluding hydrogens is 621 g/mol. The maximum atomic E-state index is 14.0. The summed E-state index contributed by atoms with van der Waals surface area (Å²) in [5.74, 6) is 0. The Morgan fingerprint density at radius 2 is 1.56 bits per heavy atom. The third-order valence-electron chi connectivity index (χ3n) is 9.07. The number of nitrogens with zero attached hydrogens (tertiary/aromatic N) is 6. The number of aryl methyl sites for hydroxylation is 3. The van der Waals surface area contributed by atoms with E-state index >= 15 is 0 Å². The van der Waals surface area contributed by atoms with Crippen molar-refractivity contribution in [3.05, 3.63) is 121 Å². The van der Waals surface area contributed by atoms with Crippen molar-refractivity contribution in [3.63, 3.8) is 0 Å². The van der Waals surface area contributed by atoms with Gasteiger partial charge in [0.25, 0.3) is 10.0 Å². The van der Waals surface area contributed by atoms with Gasteiger partial charge in [-0.2, -0.15) is 5.10 Å². The molecule has 1 N–H and O–H groups in total. The van der Waals surface area contributed by atoms with Crippen LogP contribution in [0.1, 0.15) is 18.1 Å². The summed E-state index contributed by atoms with van der Waals surface area (Å²) in [6.07, 6.45) is 7.71. The number of rotatable bonds is 10. The van der Waals surface area contributed by atoms with Crippen LogP contribution in [0.5, 0.6) is 0 Å². The number of piperazine rings is 1. The van der Waals surface area contributed by atoms with Crippen molar-refractivity contribution in [2.45, 2.75) is 37.8 Å². The Morgan fingerprint density at radius 3 is 2.27 bits per heavy atom. The zero-order valence-electron chi connectivity index (χ0n) is 27.3. The summed E-state index contributed by atoms with van der Waals surface area (Å²) in [6.45, 7) is 8.82. The SMILES string of the molecule is Cc1ccc(S(=O)(=O)n2cc(-c3cnn(CCc4ccccc4)c3)c3cc(-c4ccc(N5CCN(CC(C)O)CC5)cc4)cnc32)cc1. The molecule has 7 rings (SSSR count). The van der Waals surface area contributed by atoms with E-state index in [1.807, 2.05) is 49.0 Å². The molecule has 1 fully saturated rings. The number of benzene rings is 3. The van der Waals surface area contributed by atoms with E-state index in [1.165, 1.54) is 9.54 Å². The van der Waals surface area contributed by atoms with E-state index in [4.69, 9.17) is 4.98 Å². The fourth-order valence-electron chi connectivity index (χ4n) is 6.41. The van der Waals surface area contributed by atoms with E-state index in [0.717, 1.165) is 71.5 Å². The average Bonchev–Trinajstić information content (AvgIpc) is 3.73. The van der Waals surface area contributed by atoms with E-state index in [1.54, 1.807) is 42.9 Å². The van der Waals surface area contributed by atoms with Gasteiger partial charge in [-0.15, -0.1) is 0 Å². The van der Waals surface area contributed by atoms with E-state index in [9.17, 15) is 13.5 Å². The van der Waals surface area contributed by atoms with Crippen LogP contribution < -0.4 is 4.90 Å². The first-order chi connectivity index (χ1) is 23.2. The lowest BCUT2D eigenvalue weighted by atomic mass is 10.0. The van der Waals surface area contributed by atoms with Gasteiger partial charge in [0.05, 0.1) is 17.2 Å². The standard InChI is InChI=1S/C38H40N6O3S/c1-28-8-14-35(15-9-28)48(46,47)44-27-37(33-24-40-43(26-33)17-16-30-6-4-3-5-7-30)36-22-32(23-39-38(36)44)31-10-12-34(13-11-31)42-20-18-41(19-21-42)25-29(2)45/h3-15,22-24,26-27,29,45H,16-21,25H2,1-2H3. The minimum atomic E-state index is -3.91. The quantitative estimate of drug-likeness (QED) is 0.197. The van der Waals surface area contributed by atoms with Crippen LogP contribution in [-0.2, 0) is 23.0 Å². The average molecular weight is 661 g/mol. The van der Waals surface area contributed by atoms with Gasteiger partial charge in [0.1, 0.15) is 0 Å². The summed E-state index contributed by atoms with van der Waals surface area (Å²) in [5, 5.41) is 15.1. The number of aliphatic hydroxyl groups excluding tert-OH is 1. The molecule has 48 heavy (non-hydrogen) atoms. The molecular formula is C38H40N6O3S. The fraction of sp³-hybridized carbons (Fsp3) is 0.263. The number of anilines is 1. The highest BCUT2D eigenvalue weighted by molar-refractivity contribution is 7.90. The van der Waals surface area contributed by atoms with Crippen molar-refractivity contribution in [2.75, 3.05) is 37.6 Å². The molecule has 3 aromatic carbocycles. The van der Waals surface area contributed by atoms with Crippen molar-refractivity contribution in [2.24, 2.45) is 0 Å². The lowest BCUT2D eigenvalue weighted by Crippen LogP contribution is -2.48. The molecule has 0 spiro atoms. The molecule has 0 radical (unpaired) electrons. The number of β-amino-alcohol motifs (C(OH)–C–C–N with tert-alkyl or cyclic N) is 1. The van der Waals surface area contributed by atoms with Crippen LogP contribution in [0.2, 0.25) is 0 Å². The first kappa shape index (κ1) is 31.8. The molecule has 0 bridgehead atoms. The first-order valence-electron chi connectivity index (χ1n) is 16.4. The van der Waals surface area contributed by atoms with Crippen molar-refractivity contribution in [1.82, 2.24) is 23.6 Å². The maximum Gasteiger partial charge on any atom is 0.269 e. The minimum absolute atomic E-state index is 0.211. The van der Waals surface area contributed by atoms with Gasteiger partial charge in [-0.25, -0.2) is 17.4 Å². The Hall–Kier alpha value is -4.77. The molecule has 1 atom stereocenters. The molecule has 1 saturated heterocycles. The van der Waals surface area contributed by atoms with Gasteiger partial charge in [0.2, 0.25) is 0 Å². The second-order valence-electron chi connectivity index (χ2n) is 12.7. The van der Waals surface area contributed by atoms with Gasteiger partial charge in [0, 0.05) is 85.6 Å². The highest BCUT2D eigenvalue weighted by atomic mass is 32.2. The summed E-state index contributed by atoms with van der Waals surface area (Å²) >= 11 is 0. The molecule has 0 amide bonds. The van der Waals surface area contributed by atoms with Crippen LogP contribution in [0.4, 0.5) is 5.69 Å². The predicted molar refractivity (Wildman–Crippen MR) is 191 cm³/mol. The summed E-state index contributed by atoms with van der Waals surface area (Å²) in [5.41, 5.74) is 7.23. The van der Waals surface area contributed by atoms with E-state index < -0.39 is 10.0 Å². The minimum Gasteiger partial charge on any atom is -0.392 e. The first-order valence-corrected chi connectivity index (χ1v) is 17.8. The highest BCUT2D eigenvalue weighted by Gasteiger charge is 2.24. The summed E-state index contributed by atoms with van der Waals surface area (Å²) in [4.78, 5) is 9.64. The lowest BCUT2D eigenvalue weighted by Gasteiger charge is -2.36. The predicted octanol–water partition coefficient (Wildman–Crippen LogP) is 5.86. The molecule has 6 aromatic rings. The zero-order chi connectivity index (χ0) is 33.3. The lowest BCUT2D eigenvalue weighted by molar-refractivity contribution is 0.123. The summed E-state index contributed by atoms with van der Waals surface area (Å²) < 4.78 is 31.1. The van der Waals surface area contributed by atoms with E-state index in [2.05, 4.69) is 51.3 Å². The Morgan fingerprint density at radius 1 is 0.833 bits per heavy atom. The van der Waals surface area contributed by atoms with Crippen molar-refractivity contribution in [3.8, 4) is 22.3 Å². The molecule has 246 valence electrons. The van der Waals surface area contributed by atoms with Gasteiger partial charge < -0.3 is 10.0 Å². The number of aliphatic hydroxyl groups is 1. The molecule has 0 saturated carbocycles. The topological polar surface area (TPSA) is 96.5 Å². The molecule has 1 aliphatic heterocycles. The van der Waals surface area contributed by atoms with Crippen LogP contribution in [0.25, 0.3) is 33.3 Å². The molecule has 4 heterocycles. The van der Waals surface area contributed by atoms with Gasteiger partial charge >= 0.3 is 0 Å². The normalized spacial score (nSPS) is 14.9. The van der Waals surface area contributed by atoms with Crippen LogP contribution in [0.3, 0.4) is 0 Å². The molecule has 3 aromatic heterocycles. The smallest absolute Gasteiger partial charge is 0.269 e. The number of aromatic nitrogens is 4. The number of hydrogen-bond acceptors (Lipinski definition) is 7. The molecule has 0 aliphatic carbocycles. The highest BCUT2D eigenvalue weighted by Crippen LogP contribution is 2.35. The third kappa shape index (κ3) is 6.64. The molecule has 1 aliphatic rings. The van der Waals surface area contributed by atoms with Crippen LogP contribution in [0.15, 0.2) is 115 Å². The number of fused-ring (bicyclic) bond motifs is 1. The van der Waals surface area contributed by atoms with Gasteiger partial charge in [-0.05, 0) is 61.7 Å². The Bertz CT molecular complexity index is 2110. The summed E-state index contributed by atoms with van der Waals surface area (Å²) in [6, 6.07) is 27.7. The summed E-state index contributed by atoms with van der Waals surface area (Å²) in [7, 11) is -3.91. The van der Waals surface area contributed by atoms with Crippen LogP contribution in [0, 0.1) is 6.92 Å². The fourth-order valence-corrected chi connectivity index (χ4v) is 7.74.